The lowest BCUT2D eigenvalue weighted by molar-refractivity contribution is 0.669. The van der Waals surface area contributed by atoms with Gasteiger partial charge in [0.15, 0.2) is 0 Å². The Morgan fingerprint density at radius 2 is 0.704 bits per heavy atom. The number of hydrogen-bond acceptors (Lipinski definition) is 2. The molecular formula is C52H30O2. The Balaban J connectivity index is 1.01. The van der Waals surface area contributed by atoms with E-state index in [2.05, 4.69) is 182 Å². The van der Waals surface area contributed by atoms with Gasteiger partial charge in [-0.1, -0.05) is 140 Å². The molecule has 10 aromatic carbocycles. The summed E-state index contributed by atoms with van der Waals surface area (Å²) in [5, 5.41) is 14.3. The van der Waals surface area contributed by atoms with Gasteiger partial charge in [-0.05, 0) is 114 Å². The van der Waals surface area contributed by atoms with Crippen molar-refractivity contribution in [2.75, 3.05) is 0 Å². The van der Waals surface area contributed by atoms with Crippen molar-refractivity contribution in [1.82, 2.24) is 0 Å². The van der Waals surface area contributed by atoms with E-state index in [4.69, 9.17) is 8.83 Å². The van der Waals surface area contributed by atoms with Crippen molar-refractivity contribution in [3.63, 3.8) is 0 Å². The first-order chi connectivity index (χ1) is 26.8. The molecular weight excluding hydrogens is 657 g/mol. The lowest BCUT2D eigenvalue weighted by atomic mass is 9.84. The second-order valence-corrected chi connectivity index (χ2v) is 14.4. The van der Waals surface area contributed by atoms with Gasteiger partial charge >= 0.3 is 0 Å². The first kappa shape index (κ1) is 29.4. The van der Waals surface area contributed by atoms with Crippen molar-refractivity contribution in [2.24, 2.45) is 0 Å². The van der Waals surface area contributed by atoms with Gasteiger partial charge in [0.1, 0.15) is 22.3 Å². The monoisotopic (exact) mass is 686 g/mol. The minimum atomic E-state index is 0.872. The van der Waals surface area contributed by atoms with Crippen LogP contribution in [0.1, 0.15) is 0 Å². The molecule has 0 saturated heterocycles. The number of rotatable bonds is 3. The third-order valence-corrected chi connectivity index (χ3v) is 11.4. The average Bonchev–Trinajstić information content (AvgIpc) is 3.80. The van der Waals surface area contributed by atoms with Crippen molar-refractivity contribution in [3.05, 3.63) is 182 Å². The normalized spacial score (nSPS) is 12.1. The molecule has 0 amide bonds. The average molecular weight is 687 g/mol. The molecule has 0 bridgehead atoms. The quantitative estimate of drug-likeness (QED) is 0.173. The Hall–Kier alpha value is -7.16. The van der Waals surface area contributed by atoms with Crippen molar-refractivity contribution >= 4 is 87.0 Å². The molecule has 2 aromatic heterocycles. The van der Waals surface area contributed by atoms with Gasteiger partial charge in [0, 0.05) is 26.9 Å². The summed E-state index contributed by atoms with van der Waals surface area (Å²) in [6.07, 6.45) is 0. The van der Waals surface area contributed by atoms with Gasteiger partial charge in [-0.15, -0.1) is 0 Å². The summed E-state index contributed by atoms with van der Waals surface area (Å²) in [5.41, 5.74) is 10.7. The maximum absolute atomic E-state index is 6.70. The van der Waals surface area contributed by atoms with E-state index in [1.54, 1.807) is 0 Å². The second-order valence-electron chi connectivity index (χ2n) is 14.4. The molecule has 0 fully saturated rings. The summed E-state index contributed by atoms with van der Waals surface area (Å²) in [7, 11) is 0. The van der Waals surface area contributed by atoms with Gasteiger partial charge in [-0.3, -0.25) is 0 Å². The van der Waals surface area contributed by atoms with Gasteiger partial charge in [0.05, 0.1) is 0 Å². The van der Waals surface area contributed by atoms with Gasteiger partial charge in [0.2, 0.25) is 0 Å². The first-order valence-corrected chi connectivity index (χ1v) is 18.5. The third-order valence-electron chi connectivity index (χ3n) is 11.4. The molecule has 0 aliphatic heterocycles. The number of furan rings is 2. The lowest BCUT2D eigenvalue weighted by Gasteiger charge is -2.18. The van der Waals surface area contributed by atoms with E-state index >= 15 is 0 Å². The standard InChI is InChI=1S/C52H30O2/c1-3-13-36-31(10-1)12-9-19-41(36)51-44-17-7-5-15-42(44)50(43-16-6-8-18-45(43)51)35-23-26-39-38-24-21-33(28-47(38)53-48(39)30-35)34-22-25-40-46-27-20-32-11-2-4-14-37(32)52(46)54-49(40)29-34/h1-30H. The van der Waals surface area contributed by atoms with Gasteiger partial charge in [0.25, 0.3) is 0 Å². The van der Waals surface area contributed by atoms with Crippen LogP contribution in [0.25, 0.3) is 120 Å². The Morgan fingerprint density at radius 1 is 0.259 bits per heavy atom. The minimum absolute atomic E-state index is 0.872. The van der Waals surface area contributed by atoms with Crippen LogP contribution < -0.4 is 0 Å². The summed E-state index contributed by atoms with van der Waals surface area (Å²) in [4.78, 5) is 0. The Labute approximate surface area is 310 Å². The molecule has 0 saturated carbocycles. The molecule has 54 heavy (non-hydrogen) atoms. The molecule has 0 unspecified atom stereocenters. The van der Waals surface area contributed by atoms with Crippen LogP contribution in [0, 0.1) is 0 Å². The smallest absolute Gasteiger partial charge is 0.143 e. The molecule has 2 heterocycles. The van der Waals surface area contributed by atoms with Gasteiger partial charge in [-0.25, -0.2) is 0 Å². The molecule has 0 spiro atoms. The topological polar surface area (TPSA) is 26.3 Å². The highest BCUT2D eigenvalue weighted by molar-refractivity contribution is 6.24. The molecule has 12 aromatic rings. The summed E-state index contributed by atoms with van der Waals surface area (Å²) in [6, 6.07) is 65.5. The SMILES string of the molecule is c1ccc2c(-c3c4ccccc4c(-c4ccc5c(c4)oc4cc(-c6ccc7c(c6)oc6c8ccccc8ccc76)ccc45)c4ccccc34)cccc2c1. The van der Waals surface area contributed by atoms with Crippen LogP contribution in [0.15, 0.2) is 191 Å². The van der Waals surface area contributed by atoms with E-state index in [1.807, 2.05) is 0 Å². The molecule has 0 N–H and O–H groups in total. The van der Waals surface area contributed by atoms with Crippen LogP contribution in [0.2, 0.25) is 0 Å². The summed E-state index contributed by atoms with van der Waals surface area (Å²) < 4.78 is 13.2. The molecule has 0 atom stereocenters. The molecule has 12 rings (SSSR count). The molecule has 2 heteroatoms. The second kappa shape index (κ2) is 11.2. The van der Waals surface area contributed by atoms with Crippen molar-refractivity contribution in [1.29, 1.82) is 0 Å². The van der Waals surface area contributed by atoms with E-state index in [1.165, 1.54) is 54.4 Å². The summed E-state index contributed by atoms with van der Waals surface area (Å²) in [6.45, 7) is 0. The zero-order valence-electron chi connectivity index (χ0n) is 29.1. The first-order valence-electron chi connectivity index (χ1n) is 18.5. The zero-order valence-corrected chi connectivity index (χ0v) is 29.1. The number of benzene rings is 10. The van der Waals surface area contributed by atoms with Gasteiger partial charge in [-0.2, -0.15) is 0 Å². The van der Waals surface area contributed by atoms with Crippen molar-refractivity contribution in [2.45, 2.75) is 0 Å². The van der Waals surface area contributed by atoms with E-state index in [0.29, 0.717) is 0 Å². The molecule has 250 valence electrons. The predicted octanol–water partition coefficient (Wildman–Crippen LogP) is 15.1. The van der Waals surface area contributed by atoms with E-state index in [-0.39, 0.29) is 0 Å². The summed E-state index contributed by atoms with van der Waals surface area (Å²) >= 11 is 0. The fourth-order valence-corrected chi connectivity index (χ4v) is 8.97. The van der Waals surface area contributed by atoms with Crippen molar-refractivity contribution < 1.29 is 8.83 Å². The largest absolute Gasteiger partial charge is 0.456 e. The highest BCUT2D eigenvalue weighted by atomic mass is 16.3. The Kier molecular flexibility index (Phi) is 6.09. The van der Waals surface area contributed by atoms with E-state index < -0.39 is 0 Å². The lowest BCUT2D eigenvalue weighted by Crippen LogP contribution is -1.91. The molecule has 2 nitrogen and oxygen atoms in total. The molecule has 0 aliphatic rings. The highest BCUT2D eigenvalue weighted by Crippen LogP contribution is 2.46. The number of hydrogen-bond donors (Lipinski definition) is 0. The maximum atomic E-state index is 6.70. The van der Waals surface area contributed by atoms with Gasteiger partial charge < -0.3 is 8.83 Å². The van der Waals surface area contributed by atoms with Crippen LogP contribution >= 0.6 is 0 Å². The predicted molar refractivity (Wildman–Crippen MR) is 227 cm³/mol. The highest BCUT2D eigenvalue weighted by Gasteiger charge is 2.19. The third kappa shape index (κ3) is 4.22. The van der Waals surface area contributed by atoms with E-state index in [0.717, 1.165) is 66.0 Å². The molecule has 0 radical (unpaired) electrons. The fourth-order valence-electron chi connectivity index (χ4n) is 8.97. The van der Waals surface area contributed by atoms with Crippen LogP contribution in [0.5, 0.6) is 0 Å². The van der Waals surface area contributed by atoms with E-state index in [9.17, 15) is 0 Å². The van der Waals surface area contributed by atoms with Crippen LogP contribution in [-0.2, 0) is 0 Å². The van der Waals surface area contributed by atoms with Crippen LogP contribution in [0.4, 0.5) is 0 Å². The van der Waals surface area contributed by atoms with Crippen LogP contribution in [-0.4, -0.2) is 0 Å². The summed E-state index contributed by atoms with van der Waals surface area (Å²) in [5.74, 6) is 0. The zero-order chi connectivity index (χ0) is 35.3. The fraction of sp³-hybridized carbons (Fsp3) is 0. The minimum Gasteiger partial charge on any atom is -0.456 e. The molecule has 0 aliphatic carbocycles. The maximum Gasteiger partial charge on any atom is 0.143 e. The Bertz CT molecular complexity index is 3440. The van der Waals surface area contributed by atoms with Crippen LogP contribution in [0.3, 0.4) is 0 Å². The Morgan fingerprint density at radius 3 is 1.35 bits per heavy atom. The van der Waals surface area contributed by atoms with Crippen molar-refractivity contribution in [3.8, 4) is 33.4 Å². The number of fused-ring (bicyclic) bond motifs is 11.